The highest BCUT2D eigenvalue weighted by Gasteiger charge is 2.31. The second-order valence-corrected chi connectivity index (χ2v) is 2.87. The molecule has 1 aliphatic rings. The van der Waals surface area contributed by atoms with Crippen LogP contribution in [0.4, 0.5) is 8.78 Å². The van der Waals surface area contributed by atoms with Crippen molar-refractivity contribution in [1.82, 2.24) is 9.80 Å². The van der Waals surface area contributed by atoms with Crippen molar-refractivity contribution in [3.63, 3.8) is 0 Å². The number of amides is 2. The first-order valence-corrected chi connectivity index (χ1v) is 3.85. The maximum Gasteiger partial charge on any atom is 0.312 e. The van der Waals surface area contributed by atoms with Gasteiger partial charge in [0.1, 0.15) is 0 Å². The first-order valence-electron chi connectivity index (χ1n) is 3.85. The summed E-state index contributed by atoms with van der Waals surface area (Å²) in [5.74, 6) is -1.55. The van der Waals surface area contributed by atoms with Crippen LogP contribution in [0.5, 0.6) is 0 Å². The second kappa shape index (κ2) is 3.68. The molecule has 0 aromatic rings. The highest BCUT2D eigenvalue weighted by atomic mass is 19.3. The lowest BCUT2D eigenvalue weighted by Crippen LogP contribution is -2.53. The van der Waals surface area contributed by atoms with Crippen LogP contribution in [0.25, 0.3) is 0 Å². The molecule has 0 spiro atoms. The number of hydrogen-bond donors (Lipinski definition) is 0. The Morgan fingerprint density at radius 1 is 1.31 bits per heavy atom. The van der Waals surface area contributed by atoms with E-state index in [2.05, 4.69) is 0 Å². The summed E-state index contributed by atoms with van der Waals surface area (Å²) in [4.78, 5) is 24.2. The molecule has 0 atom stereocenters. The van der Waals surface area contributed by atoms with Crippen LogP contribution in [-0.2, 0) is 9.59 Å². The third-order valence-electron chi connectivity index (χ3n) is 1.88. The molecule has 1 aliphatic heterocycles. The summed E-state index contributed by atoms with van der Waals surface area (Å²) in [6.07, 6.45) is -2.58. The lowest BCUT2D eigenvalue weighted by Gasteiger charge is -2.31. The normalized spacial score (nSPS) is 18.8. The topological polar surface area (TPSA) is 40.6 Å². The summed E-state index contributed by atoms with van der Waals surface area (Å²) < 4.78 is 23.8. The average molecular weight is 192 g/mol. The number of halogens is 2. The smallest absolute Gasteiger partial charge is 0.312 e. The number of hydrogen-bond acceptors (Lipinski definition) is 2. The molecule has 0 saturated carbocycles. The molecule has 1 heterocycles. The highest BCUT2D eigenvalue weighted by molar-refractivity contribution is 6.35. The molecule has 0 aliphatic carbocycles. The molecule has 74 valence electrons. The number of carbonyl (C=O) groups is 2. The van der Waals surface area contributed by atoms with Gasteiger partial charge in [-0.3, -0.25) is 9.59 Å². The minimum Gasteiger partial charge on any atom is -0.336 e. The van der Waals surface area contributed by atoms with Gasteiger partial charge in [-0.1, -0.05) is 0 Å². The molecule has 0 unspecified atom stereocenters. The Morgan fingerprint density at radius 2 is 1.92 bits per heavy atom. The molecule has 1 fully saturated rings. The molecule has 13 heavy (non-hydrogen) atoms. The van der Waals surface area contributed by atoms with Gasteiger partial charge in [-0.2, -0.15) is 0 Å². The van der Waals surface area contributed by atoms with Crippen LogP contribution in [0.2, 0.25) is 0 Å². The number of nitrogens with zero attached hydrogens (tertiary/aromatic N) is 2. The average Bonchev–Trinajstić information content (AvgIpc) is 2.06. The lowest BCUT2D eigenvalue weighted by atomic mass is 10.3. The van der Waals surface area contributed by atoms with Crippen molar-refractivity contribution in [2.24, 2.45) is 0 Å². The van der Waals surface area contributed by atoms with Crippen molar-refractivity contribution in [2.45, 2.75) is 6.43 Å². The molecule has 4 nitrogen and oxygen atoms in total. The molecular formula is C7H10F2N2O2. The molecule has 1 rings (SSSR count). The molecule has 1 saturated heterocycles. The Kier molecular flexibility index (Phi) is 2.79. The Balaban J connectivity index is 2.59. The molecule has 0 aromatic carbocycles. The van der Waals surface area contributed by atoms with Gasteiger partial charge in [-0.05, 0) is 0 Å². The van der Waals surface area contributed by atoms with E-state index in [1.54, 1.807) is 0 Å². The summed E-state index contributed by atoms with van der Waals surface area (Å²) in [7, 11) is 1.47. The molecular weight excluding hydrogens is 182 g/mol. The van der Waals surface area contributed by atoms with Crippen LogP contribution in [0.1, 0.15) is 0 Å². The van der Waals surface area contributed by atoms with Gasteiger partial charge in [-0.25, -0.2) is 8.78 Å². The Labute approximate surface area is 74.1 Å². The first-order chi connectivity index (χ1) is 6.02. The van der Waals surface area contributed by atoms with Gasteiger partial charge in [-0.15, -0.1) is 0 Å². The summed E-state index contributed by atoms with van der Waals surface area (Å²) in [5.41, 5.74) is 0. The Bertz CT molecular complexity index is 233. The van der Waals surface area contributed by atoms with E-state index >= 15 is 0 Å². The van der Waals surface area contributed by atoms with Crippen molar-refractivity contribution in [2.75, 3.05) is 26.7 Å². The van der Waals surface area contributed by atoms with Crippen molar-refractivity contribution >= 4 is 11.8 Å². The Hall–Kier alpha value is -1.20. The zero-order chi connectivity index (χ0) is 10.0. The number of carbonyl (C=O) groups excluding carboxylic acids is 2. The van der Waals surface area contributed by atoms with Gasteiger partial charge in [0, 0.05) is 20.1 Å². The van der Waals surface area contributed by atoms with Gasteiger partial charge in [0.2, 0.25) is 0 Å². The fourth-order valence-corrected chi connectivity index (χ4v) is 1.11. The fraction of sp³-hybridized carbons (Fsp3) is 0.714. The summed E-state index contributed by atoms with van der Waals surface area (Å²) in [5, 5.41) is 0. The zero-order valence-corrected chi connectivity index (χ0v) is 7.17. The highest BCUT2D eigenvalue weighted by Crippen LogP contribution is 2.05. The predicted molar refractivity (Wildman–Crippen MR) is 40.2 cm³/mol. The van der Waals surface area contributed by atoms with E-state index < -0.39 is 24.8 Å². The maximum atomic E-state index is 11.9. The monoisotopic (exact) mass is 192 g/mol. The van der Waals surface area contributed by atoms with E-state index in [1.807, 2.05) is 0 Å². The van der Waals surface area contributed by atoms with Gasteiger partial charge >= 0.3 is 11.8 Å². The van der Waals surface area contributed by atoms with E-state index in [-0.39, 0.29) is 6.54 Å². The van der Waals surface area contributed by atoms with Crippen LogP contribution in [0.15, 0.2) is 0 Å². The Morgan fingerprint density at radius 3 is 2.46 bits per heavy atom. The minimum absolute atomic E-state index is 0.186. The largest absolute Gasteiger partial charge is 0.336 e. The van der Waals surface area contributed by atoms with E-state index in [1.165, 1.54) is 11.9 Å². The fourth-order valence-electron chi connectivity index (χ4n) is 1.11. The van der Waals surface area contributed by atoms with Crippen molar-refractivity contribution < 1.29 is 18.4 Å². The lowest BCUT2D eigenvalue weighted by molar-refractivity contribution is -0.156. The third-order valence-corrected chi connectivity index (χ3v) is 1.88. The van der Waals surface area contributed by atoms with Crippen LogP contribution in [0, 0.1) is 0 Å². The number of likely N-dealkylation sites (N-methyl/N-ethyl adjacent to an activating group) is 1. The molecule has 0 N–H and O–H groups in total. The third kappa shape index (κ3) is 2.13. The minimum atomic E-state index is -2.58. The van der Waals surface area contributed by atoms with Crippen molar-refractivity contribution in [3.8, 4) is 0 Å². The SMILES string of the molecule is CN1CCN(CC(F)F)C(=O)C1=O. The molecule has 0 radical (unpaired) electrons. The van der Waals surface area contributed by atoms with Crippen molar-refractivity contribution in [1.29, 1.82) is 0 Å². The quantitative estimate of drug-likeness (QED) is 0.556. The second-order valence-electron chi connectivity index (χ2n) is 2.87. The van der Waals surface area contributed by atoms with E-state index in [0.717, 1.165) is 4.90 Å². The summed E-state index contributed by atoms with van der Waals surface area (Å²) >= 11 is 0. The van der Waals surface area contributed by atoms with Crippen LogP contribution >= 0.6 is 0 Å². The van der Waals surface area contributed by atoms with E-state index in [0.29, 0.717) is 6.54 Å². The van der Waals surface area contributed by atoms with Gasteiger partial charge in [0.15, 0.2) is 0 Å². The van der Waals surface area contributed by atoms with Gasteiger partial charge in [0.25, 0.3) is 6.43 Å². The van der Waals surface area contributed by atoms with E-state index in [4.69, 9.17) is 0 Å². The van der Waals surface area contributed by atoms with Gasteiger partial charge in [0.05, 0.1) is 6.54 Å². The van der Waals surface area contributed by atoms with Crippen LogP contribution in [0.3, 0.4) is 0 Å². The predicted octanol–water partition coefficient (Wildman–Crippen LogP) is -0.448. The molecule has 0 bridgehead atoms. The number of piperazine rings is 1. The molecule has 2 amide bonds. The molecule has 0 aromatic heterocycles. The number of alkyl halides is 2. The van der Waals surface area contributed by atoms with Crippen molar-refractivity contribution in [3.05, 3.63) is 0 Å². The number of rotatable bonds is 2. The molecule has 6 heteroatoms. The summed E-state index contributed by atoms with van der Waals surface area (Å²) in [6, 6.07) is 0. The van der Waals surface area contributed by atoms with E-state index in [9.17, 15) is 18.4 Å². The maximum absolute atomic E-state index is 11.9. The first kappa shape index (κ1) is 9.88. The summed E-state index contributed by atoms with van der Waals surface area (Å²) in [6.45, 7) is -0.152. The zero-order valence-electron chi connectivity index (χ0n) is 7.17. The standard InChI is InChI=1S/C7H10F2N2O2/c1-10-2-3-11(4-5(8)9)7(13)6(10)12/h5H,2-4H2,1H3. The van der Waals surface area contributed by atoms with Gasteiger partial charge < -0.3 is 9.80 Å². The van der Waals surface area contributed by atoms with Crippen LogP contribution < -0.4 is 0 Å². The van der Waals surface area contributed by atoms with Crippen LogP contribution in [-0.4, -0.2) is 54.7 Å².